The lowest BCUT2D eigenvalue weighted by Gasteiger charge is -2.33. The van der Waals surface area contributed by atoms with Gasteiger partial charge in [0.25, 0.3) is 0 Å². The normalized spacial score (nSPS) is 25.2. The number of carboxylic acids is 1. The molecule has 0 aromatic heterocycles. The van der Waals surface area contributed by atoms with Gasteiger partial charge in [-0.3, -0.25) is 4.79 Å². The molecule has 0 aromatic carbocycles. The Morgan fingerprint density at radius 1 is 1.11 bits per heavy atom. The summed E-state index contributed by atoms with van der Waals surface area (Å²) in [6, 6.07) is -1.47. The molecule has 1 aliphatic carbocycles. The first-order valence-electron chi connectivity index (χ1n) is 6.95. The van der Waals surface area contributed by atoms with Crippen LogP contribution < -0.4 is 5.32 Å². The summed E-state index contributed by atoms with van der Waals surface area (Å²) in [5.41, 5.74) is 0. The second-order valence-corrected chi connectivity index (χ2v) is 5.29. The Morgan fingerprint density at radius 2 is 1.79 bits per heavy atom. The van der Waals surface area contributed by atoms with Gasteiger partial charge in [0.1, 0.15) is 6.04 Å². The Bertz CT molecular complexity index is 377. The summed E-state index contributed by atoms with van der Waals surface area (Å²) < 4.78 is 0. The lowest BCUT2D eigenvalue weighted by molar-refractivity contribution is -0.150. The van der Waals surface area contributed by atoms with Gasteiger partial charge < -0.3 is 10.4 Å². The van der Waals surface area contributed by atoms with Crippen molar-refractivity contribution < 1.29 is 19.5 Å². The van der Waals surface area contributed by atoms with Crippen LogP contribution in [-0.4, -0.2) is 40.0 Å². The van der Waals surface area contributed by atoms with E-state index in [-0.39, 0.29) is 18.4 Å². The summed E-state index contributed by atoms with van der Waals surface area (Å²) in [5, 5.41) is 11.9. The average molecular weight is 268 g/mol. The van der Waals surface area contributed by atoms with E-state index in [9.17, 15) is 14.4 Å². The molecule has 1 atom stereocenters. The second-order valence-electron chi connectivity index (χ2n) is 5.29. The molecule has 1 aliphatic heterocycles. The maximum atomic E-state index is 12.1. The van der Waals surface area contributed by atoms with E-state index in [1.165, 1.54) is 6.42 Å². The molecule has 6 heteroatoms. The Morgan fingerprint density at radius 3 is 2.42 bits per heavy atom. The Kier molecular flexibility index (Phi) is 4.39. The molecule has 1 saturated heterocycles. The predicted octanol–water partition coefficient (Wildman–Crippen LogP) is 1.49. The van der Waals surface area contributed by atoms with E-state index in [2.05, 4.69) is 5.32 Å². The van der Waals surface area contributed by atoms with Crippen molar-refractivity contribution in [3.63, 3.8) is 0 Å². The van der Waals surface area contributed by atoms with E-state index in [4.69, 9.17) is 5.11 Å². The number of amides is 3. The molecule has 2 fully saturated rings. The standard InChI is InChI=1S/C13H20N2O4/c16-11-8-4-7-10(12(17)18)15(11)13(19)14-9-5-2-1-3-6-9/h9-10H,1-8H2,(H,14,19)(H,17,18). The predicted molar refractivity (Wildman–Crippen MR) is 67.5 cm³/mol. The van der Waals surface area contributed by atoms with Crippen LogP contribution in [0.25, 0.3) is 0 Å². The molecular weight excluding hydrogens is 248 g/mol. The minimum atomic E-state index is -1.10. The van der Waals surface area contributed by atoms with E-state index < -0.39 is 18.0 Å². The number of carbonyl (C=O) groups is 3. The van der Waals surface area contributed by atoms with Crippen molar-refractivity contribution in [1.82, 2.24) is 10.2 Å². The monoisotopic (exact) mass is 268 g/mol. The number of hydrogen-bond acceptors (Lipinski definition) is 3. The van der Waals surface area contributed by atoms with Gasteiger partial charge in [0.15, 0.2) is 0 Å². The van der Waals surface area contributed by atoms with Crippen molar-refractivity contribution in [2.24, 2.45) is 0 Å². The summed E-state index contributed by atoms with van der Waals surface area (Å²) >= 11 is 0. The largest absolute Gasteiger partial charge is 0.480 e. The van der Waals surface area contributed by atoms with Crippen molar-refractivity contribution in [3.8, 4) is 0 Å². The molecule has 0 aromatic rings. The molecule has 2 N–H and O–H groups in total. The molecule has 19 heavy (non-hydrogen) atoms. The third kappa shape index (κ3) is 3.24. The van der Waals surface area contributed by atoms with Crippen LogP contribution in [0.4, 0.5) is 4.79 Å². The zero-order valence-corrected chi connectivity index (χ0v) is 10.9. The van der Waals surface area contributed by atoms with Crippen molar-refractivity contribution in [1.29, 1.82) is 0 Å². The van der Waals surface area contributed by atoms with Gasteiger partial charge in [-0.1, -0.05) is 19.3 Å². The summed E-state index contributed by atoms with van der Waals surface area (Å²) in [6.07, 6.45) is 6.26. The van der Waals surface area contributed by atoms with Gasteiger partial charge in [0.2, 0.25) is 5.91 Å². The summed E-state index contributed by atoms with van der Waals surface area (Å²) in [7, 11) is 0. The lowest BCUT2D eigenvalue weighted by Crippen LogP contribution is -2.56. The highest BCUT2D eigenvalue weighted by Crippen LogP contribution is 2.21. The maximum absolute atomic E-state index is 12.1. The first-order valence-corrected chi connectivity index (χ1v) is 6.95. The number of rotatable bonds is 2. The zero-order chi connectivity index (χ0) is 13.8. The van der Waals surface area contributed by atoms with Gasteiger partial charge in [-0.2, -0.15) is 0 Å². The Labute approximate surface area is 112 Å². The first kappa shape index (κ1) is 13.8. The van der Waals surface area contributed by atoms with Gasteiger partial charge in [0.05, 0.1) is 0 Å². The molecule has 1 saturated carbocycles. The third-order valence-electron chi connectivity index (χ3n) is 3.89. The minimum Gasteiger partial charge on any atom is -0.480 e. The molecule has 2 rings (SSSR count). The number of carbonyl (C=O) groups excluding carboxylic acids is 2. The van der Waals surface area contributed by atoms with Crippen molar-refractivity contribution in [2.45, 2.75) is 63.5 Å². The van der Waals surface area contributed by atoms with Crippen LogP contribution in [0.1, 0.15) is 51.4 Å². The molecule has 0 spiro atoms. The van der Waals surface area contributed by atoms with Crippen molar-refractivity contribution >= 4 is 17.9 Å². The van der Waals surface area contributed by atoms with Crippen LogP contribution in [-0.2, 0) is 9.59 Å². The van der Waals surface area contributed by atoms with E-state index in [1.807, 2.05) is 0 Å². The Balaban J connectivity index is 2.01. The fourth-order valence-corrected chi connectivity index (χ4v) is 2.85. The SMILES string of the molecule is O=C(O)C1CCCC(=O)N1C(=O)NC1CCCCC1. The van der Waals surface area contributed by atoms with E-state index in [0.29, 0.717) is 12.8 Å². The van der Waals surface area contributed by atoms with Gasteiger partial charge in [0, 0.05) is 12.5 Å². The molecule has 0 bridgehead atoms. The highest BCUT2D eigenvalue weighted by molar-refractivity contribution is 5.99. The fraction of sp³-hybridized carbons (Fsp3) is 0.769. The molecule has 1 unspecified atom stereocenters. The Hall–Kier alpha value is -1.59. The van der Waals surface area contributed by atoms with Crippen molar-refractivity contribution in [3.05, 3.63) is 0 Å². The van der Waals surface area contributed by atoms with Crippen LogP contribution in [0, 0.1) is 0 Å². The topological polar surface area (TPSA) is 86.7 Å². The highest BCUT2D eigenvalue weighted by Gasteiger charge is 2.38. The second kappa shape index (κ2) is 6.04. The number of nitrogens with one attached hydrogen (secondary N) is 1. The molecular formula is C13H20N2O4. The molecule has 3 amide bonds. The van der Waals surface area contributed by atoms with Crippen LogP contribution >= 0.6 is 0 Å². The van der Waals surface area contributed by atoms with Gasteiger partial charge in [-0.15, -0.1) is 0 Å². The van der Waals surface area contributed by atoms with Crippen LogP contribution in [0.3, 0.4) is 0 Å². The van der Waals surface area contributed by atoms with E-state index in [1.54, 1.807) is 0 Å². The maximum Gasteiger partial charge on any atom is 0.326 e. The highest BCUT2D eigenvalue weighted by atomic mass is 16.4. The molecule has 1 heterocycles. The number of piperidine rings is 1. The summed E-state index contributed by atoms with van der Waals surface area (Å²) in [6.45, 7) is 0. The molecule has 2 aliphatic rings. The number of urea groups is 1. The minimum absolute atomic E-state index is 0.0745. The zero-order valence-electron chi connectivity index (χ0n) is 10.9. The van der Waals surface area contributed by atoms with Crippen LogP contribution in [0.15, 0.2) is 0 Å². The fourth-order valence-electron chi connectivity index (χ4n) is 2.85. The van der Waals surface area contributed by atoms with Crippen molar-refractivity contribution in [2.75, 3.05) is 0 Å². The summed E-state index contributed by atoms with van der Waals surface area (Å²) in [5.74, 6) is -1.49. The number of hydrogen-bond donors (Lipinski definition) is 2. The average Bonchev–Trinajstić information content (AvgIpc) is 2.39. The summed E-state index contributed by atoms with van der Waals surface area (Å²) in [4.78, 5) is 36.0. The first-order chi connectivity index (χ1) is 9.09. The number of likely N-dealkylation sites (tertiary alicyclic amines) is 1. The molecule has 106 valence electrons. The van der Waals surface area contributed by atoms with Gasteiger partial charge in [-0.25, -0.2) is 14.5 Å². The molecule has 0 radical (unpaired) electrons. The van der Waals surface area contributed by atoms with Gasteiger partial charge >= 0.3 is 12.0 Å². The van der Waals surface area contributed by atoms with Crippen LogP contribution in [0.5, 0.6) is 0 Å². The third-order valence-corrected chi connectivity index (χ3v) is 3.89. The number of imide groups is 1. The number of carboxylic acid groups (broad SMARTS) is 1. The van der Waals surface area contributed by atoms with E-state index >= 15 is 0 Å². The number of aliphatic carboxylic acids is 1. The quantitative estimate of drug-likeness (QED) is 0.794. The van der Waals surface area contributed by atoms with Crippen LogP contribution in [0.2, 0.25) is 0 Å². The molecule has 6 nitrogen and oxygen atoms in total. The van der Waals surface area contributed by atoms with Gasteiger partial charge in [-0.05, 0) is 25.7 Å². The smallest absolute Gasteiger partial charge is 0.326 e. The van der Waals surface area contributed by atoms with E-state index in [0.717, 1.165) is 30.6 Å². The lowest BCUT2D eigenvalue weighted by atomic mass is 9.95. The number of nitrogens with zero attached hydrogens (tertiary/aromatic N) is 1.